The fraction of sp³-hybridized carbons (Fsp3) is 0.571. The number of aliphatic carboxylic acids is 1. The molecule has 0 saturated carbocycles. The van der Waals surface area contributed by atoms with Gasteiger partial charge >= 0.3 is 5.97 Å². The topological polar surface area (TPSA) is 40.5 Å². The average Bonchev–Trinajstić information content (AvgIpc) is 1.83. The zero-order chi connectivity index (χ0) is 8.27. The van der Waals surface area contributed by atoms with Crippen LogP contribution in [-0.2, 0) is 4.79 Å². The lowest BCUT2D eigenvalue weighted by Gasteiger charge is -2.32. The van der Waals surface area contributed by atoms with E-state index >= 15 is 0 Å². The molecule has 0 bridgehead atoms. The molecule has 5 heteroatoms. The van der Waals surface area contributed by atoms with Gasteiger partial charge in [0, 0.05) is 25.7 Å². The Balaban J connectivity index is 0.00000121. The molecule has 0 aromatic carbocycles. The number of nitrogens with zero attached hydrogens (tertiary/aromatic N) is 1. The highest BCUT2D eigenvalue weighted by atomic mass is 35.5. The van der Waals surface area contributed by atoms with Gasteiger partial charge in [-0.25, -0.2) is 9.18 Å². The normalized spacial score (nSPS) is 18.8. The van der Waals surface area contributed by atoms with Crippen LogP contribution in [0.4, 0.5) is 4.39 Å². The van der Waals surface area contributed by atoms with Crippen molar-refractivity contribution in [2.45, 2.75) is 6.17 Å². The van der Waals surface area contributed by atoms with E-state index in [2.05, 4.69) is 0 Å². The van der Waals surface area contributed by atoms with Crippen molar-refractivity contribution in [1.82, 2.24) is 4.90 Å². The van der Waals surface area contributed by atoms with Crippen molar-refractivity contribution >= 4 is 18.4 Å². The minimum absolute atomic E-state index is 0. The predicted molar refractivity (Wildman–Crippen MR) is 45.4 cm³/mol. The molecule has 1 rings (SSSR count). The van der Waals surface area contributed by atoms with Crippen molar-refractivity contribution in [3.05, 3.63) is 12.2 Å². The first-order chi connectivity index (χ1) is 5.18. The van der Waals surface area contributed by atoms with Crippen molar-refractivity contribution in [1.29, 1.82) is 0 Å². The summed E-state index contributed by atoms with van der Waals surface area (Å²) < 4.78 is 12.2. The van der Waals surface area contributed by atoms with E-state index in [9.17, 15) is 9.18 Å². The van der Waals surface area contributed by atoms with Crippen molar-refractivity contribution in [3.63, 3.8) is 0 Å². The van der Waals surface area contributed by atoms with Crippen LogP contribution in [0.15, 0.2) is 12.2 Å². The van der Waals surface area contributed by atoms with Gasteiger partial charge in [-0.05, 0) is 0 Å². The fourth-order valence-electron chi connectivity index (χ4n) is 0.959. The summed E-state index contributed by atoms with van der Waals surface area (Å²) in [5.41, 5.74) is 0. The number of hydrogen-bond donors (Lipinski definition) is 1. The lowest BCUT2D eigenvalue weighted by atomic mass is 10.2. The summed E-state index contributed by atoms with van der Waals surface area (Å²) in [7, 11) is 0. The third-order valence-corrected chi connectivity index (χ3v) is 1.54. The van der Waals surface area contributed by atoms with Gasteiger partial charge in [0.25, 0.3) is 0 Å². The maximum absolute atomic E-state index is 12.2. The summed E-state index contributed by atoms with van der Waals surface area (Å²) in [6.45, 7) is 1.40. The minimum atomic E-state index is -0.956. The fourth-order valence-corrected chi connectivity index (χ4v) is 0.959. The Hall–Kier alpha value is -0.610. The summed E-state index contributed by atoms with van der Waals surface area (Å²) in [6, 6.07) is 0. The van der Waals surface area contributed by atoms with Crippen LogP contribution in [0.1, 0.15) is 0 Å². The molecule has 3 nitrogen and oxygen atoms in total. The Labute approximate surface area is 76.3 Å². The van der Waals surface area contributed by atoms with Gasteiger partial charge in [0.2, 0.25) is 0 Å². The van der Waals surface area contributed by atoms with Crippen molar-refractivity contribution in [2.24, 2.45) is 0 Å². The monoisotopic (exact) mass is 195 g/mol. The molecule has 1 aliphatic heterocycles. The highest BCUT2D eigenvalue weighted by Gasteiger charge is 2.24. The Morgan fingerprint density at radius 3 is 2.67 bits per heavy atom. The standard InChI is InChI=1S/C7H10FNO2.ClH/c8-6-4-9(5-6)3-1-2-7(10)11;/h1-2,6H,3-5H2,(H,10,11);1H. The second kappa shape index (κ2) is 5.11. The first-order valence-electron chi connectivity index (χ1n) is 3.44. The van der Waals surface area contributed by atoms with Crippen LogP contribution in [0.3, 0.4) is 0 Å². The molecule has 0 unspecified atom stereocenters. The van der Waals surface area contributed by atoms with Crippen molar-refractivity contribution < 1.29 is 14.3 Å². The van der Waals surface area contributed by atoms with Crippen LogP contribution >= 0.6 is 12.4 Å². The van der Waals surface area contributed by atoms with E-state index < -0.39 is 12.1 Å². The number of carboxylic acids is 1. The Morgan fingerprint density at radius 1 is 1.67 bits per heavy atom. The zero-order valence-corrected chi connectivity index (χ0v) is 7.26. The Bertz CT molecular complexity index is 180. The highest BCUT2D eigenvalue weighted by molar-refractivity contribution is 5.85. The van der Waals surface area contributed by atoms with E-state index in [0.717, 1.165) is 6.08 Å². The van der Waals surface area contributed by atoms with Gasteiger partial charge in [-0.15, -0.1) is 12.4 Å². The molecule has 0 aromatic heterocycles. The number of carbonyl (C=O) groups is 1. The molecule has 0 atom stereocenters. The van der Waals surface area contributed by atoms with Gasteiger partial charge in [-0.2, -0.15) is 0 Å². The molecule has 0 aliphatic carbocycles. The lowest BCUT2D eigenvalue weighted by Crippen LogP contribution is -2.48. The second-order valence-electron chi connectivity index (χ2n) is 2.56. The molecule has 1 N–H and O–H groups in total. The van der Waals surface area contributed by atoms with Crippen LogP contribution in [-0.4, -0.2) is 41.8 Å². The summed E-state index contributed by atoms with van der Waals surface area (Å²) in [5, 5.41) is 8.19. The Kier molecular flexibility index (Phi) is 4.85. The van der Waals surface area contributed by atoms with E-state index in [1.54, 1.807) is 0 Å². The molecule has 0 amide bonds. The molecule has 1 aliphatic rings. The summed E-state index contributed by atoms with van der Waals surface area (Å²) in [5.74, 6) is -0.956. The molecule has 1 saturated heterocycles. The van der Waals surface area contributed by atoms with E-state index in [4.69, 9.17) is 5.11 Å². The molecule has 12 heavy (non-hydrogen) atoms. The van der Waals surface area contributed by atoms with Crippen molar-refractivity contribution in [2.75, 3.05) is 19.6 Å². The van der Waals surface area contributed by atoms with Crippen molar-refractivity contribution in [3.8, 4) is 0 Å². The van der Waals surface area contributed by atoms with Gasteiger partial charge in [0.05, 0.1) is 0 Å². The first kappa shape index (κ1) is 11.4. The molecular formula is C7H11ClFNO2. The molecule has 1 fully saturated rings. The summed E-state index contributed by atoms with van der Waals surface area (Å²) in [6.07, 6.45) is 1.88. The van der Waals surface area contributed by atoms with Crippen LogP contribution in [0.2, 0.25) is 0 Å². The predicted octanol–water partition coefficient (Wildman–Crippen LogP) is 0.703. The molecule has 0 aromatic rings. The van der Waals surface area contributed by atoms with Crippen LogP contribution < -0.4 is 0 Å². The molecule has 0 spiro atoms. The molecule has 70 valence electrons. The lowest BCUT2D eigenvalue weighted by molar-refractivity contribution is -0.131. The summed E-state index contributed by atoms with van der Waals surface area (Å²) >= 11 is 0. The van der Waals surface area contributed by atoms with Gasteiger partial charge in [-0.1, -0.05) is 6.08 Å². The second-order valence-corrected chi connectivity index (χ2v) is 2.56. The van der Waals surface area contributed by atoms with E-state index in [1.807, 2.05) is 4.90 Å². The van der Waals surface area contributed by atoms with Gasteiger partial charge in [-0.3, -0.25) is 4.90 Å². The number of rotatable bonds is 3. The third-order valence-electron chi connectivity index (χ3n) is 1.54. The molecular weight excluding hydrogens is 185 g/mol. The number of alkyl halides is 1. The molecule has 0 radical (unpaired) electrons. The average molecular weight is 196 g/mol. The zero-order valence-electron chi connectivity index (χ0n) is 6.44. The van der Waals surface area contributed by atoms with Crippen LogP contribution in [0.5, 0.6) is 0 Å². The van der Waals surface area contributed by atoms with E-state index in [-0.39, 0.29) is 12.4 Å². The third kappa shape index (κ3) is 3.69. The first-order valence-corrected chi connectivity index (χ1v) is 3.44. The highest BCUT2D eigenvalue weighted by Crippen LogP contribution is 2.09. The van der Waals surface area contributed by atoms with E-state index in [0.29, 0.717) is 19.6 Å². The maximum atomic E-state index is 12.2. The van der Waals surface area contributed by atoms with E-state index in [1.165, 1.54) is 6.08 Å². The number of likely N-dealkylation sites (tertiary alicyclic amines) is 1. The largest absolute Gasteiger partial charge is 0.478 e. The van der Waals surface area contributed by atoms with Crippen LogP contribution in [0.25, 0.3) is 0 Å². The quantitative estimate of drug-likeness (QED) is 0.675. The molecule has 1 heterocycles. The summed E-state index contributed by atoms with van der Waals surface area (Å²) in [4.78, 5) is 11.8. The van der Waals surface area contributed by atoms with Gasteiger partial charge < -0.3 is 5.11 Å². The van der Waals surface area contributed by atoms with Crippen LogP contribution in [0, 0.1) is 0 Å². The SMILES string of the molecule is Cl.O=C(O)C=CCN1CC(F)C1. The number of halogens is 2. The smallest absolute Gasteiger partial charge is 0.328 e. The Morgan fingerprint density at radius 2 is 2.25 bits per heavy atom. The maximum Gasteiger partial charge on any atom is 0.328 e. The number of carboxylic acid groups (broad SMARTS) is 1. The van der Waals surface area contributed by atoms with Gasteiger partial charge in [0.15, 0.2) is 0 Å². The number of hydrogen-bond acceptors (Lipinski definition) is 2. The van der Waals surface area contributed by atoms with Gasteiger partial charge in [0.1, 0.15) is 6.17 Å². The minimum Gasteiger partial charge on any atom is -0.478 e.